The van der Waals surface area contributed by atoms with Crippen molar-refractivity contribution in [3.05, 3.63) is 54.1 Å². The topological polar surface area (TPSA) is 50.8 Å². The lowest BCUT2D eigenvalue weighted by atomic mass is 9.90. The van der Waals surface area contributed by atoms with Crippen molar-refractivity contribution in [3.63, 3.8) is 0 Å². The Bertz CT molecular complexity index is 771. The van der Waals surface area contributed by atoms with Crippen molar-refractivity contribution in [2.75, 3.05) is 21.3 Å². The second-order valence-corrected chi connectivity index (χ2v) is 7.36. The maximum atomic E-state index is 11.7. The lowest BCUT2D eigenvalue weighted by molar-refractivity contribution is 0.104. The Morgan fingerprint density at radius 1 is 1.04 bits per heavy atom. The summed E-state index contributed by atoms with van der Waals surface area (Å²) < 4.78 is 10.4. The second kappa shape index (κ2) is 9.60. The third-order valence-corrected chi connectivity index (χ3v) is 5.68. The maximum Gasteiger partial charge on any atom is 0.409 e. The van der Waals surface area contributed by atoms with E-state index < -0.39 is 0 Å². The second-order valence-electron chi connectivity index (χ2n) is 7.36. The molecule has 1 N–H and O–H groups in total. The minimum Gasteiger partial charge on any atom is -0.496 e. The van der Waals surface area contributed by atoms with Gasteiger partial charge in [-0.15, -0.1) is 0 Å². The van der Waals surface area contributed by atoms with Gasteiger partial charge in [0.25, 0.3) is 0 Å². The summed E-state index contributed by atoms with van der Waals surface area (Å²) in [7, 11) is 4.97. The van der Waals surface area contributed by atoms with E-state index >= 15 is 0 Å². The molecule has 5 nitrogen and oxygen atoms in total. The van der Waals surface area contributed by atoms with Crippen LogP contribution in [0.5, 0.6) is 5.75 Å². The van der Waals surface area contributed by atoms with Crippen LogP contribution in [0, 0.1) is 0 Å². The first-order valence-corrected chi connectivity index (χ1v) is 9.89. The molecule has 1 saturated carbocycles. The van der Waals surface area contributed by atoms with Crippen LogP contribution >= 0.6 is 0 Å². The fraction of sp³-hybridized carbons (Fsp3) is 0.435. The lowest BCUT2D eigenvalue weighted by Gasteiger charge is -2.34. The molecule has 150 valence electrons. The number of amides is 1. The molecule has 3 rings (SSSR count). The van der Waals surface area contributed by atoms with E-state index in [2.05, 4.69) is 41.7 Å². The van der Waals surface area contributed by atoms with Crippen molar-refractivity contribution in [1.82, 2.24) is 10.2 Å². The molecular weight excluding hydrogens is 352 g/mol. The third kappa shape index (κ3) is 4.84. The molecule has 0 unspecified atom stereocenters. The largest absolute Gasteiger partial charge is 0.496 e. The predicted molar refractivity (Wildman–Crippen MR) is 111 cm³/mol. The molecule has 0 bridgehead atoms. The highest BCUT2D eigenvalue weighted by Gasteiger charge is 2.26. The monoisotopic (exact) mass is 382 g/mol. The number of nitrogens with one attached hydrogen (secondary N) is 1. The number of benzene rings is 2. The number of carbonyl (C=O) groups excluding carboxylic acids is 1. The summed E-state index contributed by atoms with van der Waals surface area (Å²) in [5.41, 5.74) is 3.57. The Balaban J connectivity index is 1.59. The number of nitrogens with zero attached hydrogens (tertiary/aromatic N) is 1. The first kappa shape index (κ1) is 20.2. The molecule has 1 aliphatic carbocycles. The Morgan fingerprint density at radius 3 is 2.39 bits per heavy atom. The predicted octanol–water partition coefficient (Wildman–Crippen LogP) is 4.46. The summed E-state index contributed by atoms with van der Waals surface area (Å²) >= 11 is 0. The van der Waals surface area contributed by atoms with Crippen LogP contribution in [-0.2, 0) is 11.3 Å². The van der Waals surface area contributed by atoms with Gasteiger partial charge in [-0.05, 0) is 48.9 Å². The molecule has 2 aromatic carbocycles. The molecule has 0 radical (unpaired) electrons. The first-order chi connectivity index (χ1) is 13.6. The lowest BCUT2D eigenvalue weighted by Crippen LogP contribution is -2.43. The van der Waals surface area contributed by atoms with Crippen LogP contribution in [0.25, 0.3) is 11.1 Å². The fourth-order valence-electron chi connectivity index (χ4n) is 3.94. The molecule has 28 heavy (non-hydrogen) atoms. The van der Waals surface area contributed by atoms with Gasteiger partial charge in [0.15, 0.2) is 0 Å². The zero-order valence-corrected chi connectivity index (χ0v) is 17.0. The Labute approximate surface area is 167 Å². The summed E-state index contributed by atoms with van der Waals surface area (Å²) in [5, 5.41) is 3.68. The van der Waals surface area contributed by atoms with Gasteiger partial charge in [-0.25, -0.2) is 4.79 Å². The maximum absolute atomic E-state index is 11.7. The van der Waals surface area contributed by atoms with Crippen LogP contribution < -0.4 is 10.1 Å². The van der Waals surface area contributed by atoms with Crippen LogP contribution in [0.1, 0.15) is 31.2 Å². The van der Waals surface area contributed by atoms with E-state index in [1.165, 1.54) is 18.2 Å². The molecule has 0 heterocycles. The summed E-state index contributed by atoms with van der Waals surface area (Å²) in [6.45, 7) is 0.770. The van der Waals surface area contributed by atoms with Crippen molar-refractivity contribution < 1.29 is 14.3 Å². The normalized spacial score (nSPS) is 19.1. The number of hydrogen-bond acceptors (Lipinski definition) is 4. The quantitative estimate of drug-likeness (QED) is 0.801. The van der Waals surface area contributed by atoms with Gasteiger partial charge in [0, 0.05) is 31.2 Å². The molecule has 5 heteroatoms. The molecule has 0 saturated heterocycles. The smallest absolute Gasteiger partial charge is 0.409 e. The van der Waals surface area contributed by atoms with Crippen LogP contribution in [-0.4, -0.2) is 44.3 Å². The number of methoxy groups -OCH3 is 2. The van der Waals surface area contributed by atoms with E-state index in [1.807, 2.05) is 19.2 Å². The van der Waals surface area contributed by atoms with Gasteiger partial charge in [0.2, 0.25) is 0 Å². The van der Waals surface area contributed by atoms with Gasteiger partial charge in [0.05, 0.1) is 14.2 Å². The Kier molecular flexibility index (Phi) is 6.93. The number of ether oxygens (including phenoxy) is 2. The molecule has 1 fully saturated rings. The summed E-state index contributed by atoms with van der Waals surface area (Å²) in [6.07, 6.45) is 3.83. The highest BCUT2D eigenvalue weighted by molar-refractivity contribution is 5.67. The van der Waals surface area contributed by atoms with E-state index in [1.54, 1.807) is 12.0 Å². The van der Waals surface area contributed by atoms with Gasteiger partial charge in [0.1, 0.15) is 5.75 Å². The average molecular weight is 383 g/mol. The van der Waals surface area contributed by atoms with Crippen molar-refractivity contribution in [2.24, 2.45) is 0 Å². The molecule has 0 aromatic heterocycles. The minimum atomic E-state index is -0.251. The van der Waals surface area contributed by atoms with E-state index in [9.17, 15) is 4.79 Å². The molecule has 0 spiro atoms. The molecule has 1 amide bonds. The van der Waals surface area contributed by atoms with Crippen LogP contribution in [0.2, 0.25) is 0 Å². The van der Waals surface area contributed by atoms with Crippen LogP contribution in [0.15, 0.2) is 48.5 Å². The summed E-state index contributed by atoms with van der Waals surface area (Å²) in [5.74, 6) is 0.909. The average Bonchev–Trinajstić information content (AvgIpc) is 2.77. The summed E-state index contributed by atoms with van der Waals surface area (Å²) in [4.78, 5) is 13.4. The highest BCUT2D eigenvalue weighted by atomic mass is 16.5. The van der Waals surface area contributed by atoms with Crippen LogP contribution in [0.3, 0.4) is 0 Å². The number of carbonyl (C=O) groups is 1. The van der Waals surface area contributed by atoms with Crippen molar-refractivity contribution in [1.29, 1.82) is 0 Å². The minimum absolute atomic E-state index is 0.251. The third-order valence-electron chi connectivity index (χ3n) is 5.68. The van der Waals surface area contributed by atoms with Gasteiger partial charge in [-0.3, -0.25) is 0 Å². The van der Waals surface area contributed by atoms with E-state index in [0.29, 0.717) is 6.04 Å². The SMILES string of the molecule is COC(=O)N(C)C1CCC(NCc2cc(-c3ccccc3)ccc2OC)CC1. The highest BCUT2D eigenvalue weighted by Crippen LogP contribution is 2.28. The number of rotatable bonds is 6. The Hall–Kier alpha value is -2.53. The van der Waals surface area contributed by atoms with E-state index in [4.69, 9.17) is 9.47 Å². The standard InChI is InChI=1S/C23H30N2O3/c1-25(23(26)28-3)21-12-10-20(11-13-21)24-16-19-15-18(9-14-22(19)27-2)17-7-5-4-6-8-17/h4-9,14-15,20-21,24H,10-13,16H2,1-3H3. The molecule has 2 aromatic rings. The van der Waals surface area contributed by atoms with Gasteiger partial charge in [-0.1, -0.05) is 36.4 Å². The zero-order valence-electron chi connectivity index (χ0n) is 17.0. The fourth-order valence-corrected chi connectivity index (χ4v) is 3.94. The van der Waals surface area contributed by atoms with Crippen molar-refractivity contribution in [2.45, 2.75) is 44.3 Å². The molecular formula is C23H30N2O3. The number of hydrogen-bond donors (Lipinski definition) is 1. The molecule has 0 atom stereocenters. The van der Waals surface area contributed by atoms with Crippen LogP contribution in [0.4, 0.5) is 4.79 Å². The van der Waals surface area contributed by atoms with Crippen molar-refractivity contribution >= 4 is 6.09 Å². The Morgan fingerprint density at radius 2 is 1.75 bits per heavy atom. The summed E-state index contributed by atoms with van der Waals surface area (Å²) in [6, 6.07) is 17.5. The van der Waals surface area contributed by atoms with E-state index in [0.717, 1.165) is 43.5 Å². The van der Waals surface area contributed by atoms with Gasteiger partial charge < -0.3 is 19.7 Å². The van der Waals surface area contributed by atoms with Gasteiger partial charge in [-0.2, -0.15) is 0 Å². The molecule has 0 aliphatic heterocycles. The van der Waals surface area contributed by atoms with Gasteiger partial charge >= 0.3 is 6.09 Å². The molecule has 1 aliphatic rings. The van der Waals surface area contributed by atoms with E-state index in [-0.39, 0.29) is 12.1 Å². The van der Waals surface area contributed by atoms with Crippen molar-refractivity contribution in [3.8, 4) is 16.9 Å². The zero-order chi connectivity index (χ0) is 19.9. The first-order valence-electron chi connectivity index (χ1n) is 9.89.